The molecule has 1 fully saturated rings. The summed E-state index contributed by atoms with van der Waals surface area (Å²) in [6.45, 7) is 4.37. The van der Waals surface area contributed by atoms with Crippen LogP contribution in [0.5, 0.6) is 0 Å². The molecule has 1 heterocycles. The van der Waals surface area contributed by atoms with Crippen molar-refractivity contribution in [1.29, 1.82) is 0 Å². The molecule has 7 nitrogen and oxygen atoms in total. The van der Waals surface area contributed by atoms with E-state index < -0.39 is 33.6 Å². The van der Waals surface area contributed by atoms with Gasteiger partial charge in [-0.25, -0.2) is 13.1 Å². The Hall–Kier alpha value is -1.48. The third kappa shape index (κ3) is 5.24. The van der Waals surface area contributed by atoms with E-state index in [9.17, 15) is 13.2 Å². The Kier molecular flexibility index (Phi) is 6.56. The first-order valence-electron chi connectivity index (χ1n) is 8.09. The van der Waals surface area contributed by atoms with Gasteiger partial charge in [-0.05, 0) is 19.4 Å². The van der Waals surface area contributed by atoms with Gasteiger partial charge in [0.05, 0.1) is 50.2 Å². The van der Waals surface area contributed by atoms with Crippen LogP contribution in [0.15, 0.2) is 30.3 Å². The zero-order valence-corrected chi connectivity index (χ0v) is 15.5. The van der Waals surface area contributed by atoms with E-state index in [1.54, 1.807) is 38.1 Å². The van der Waals surface area contributed by atoms with E-state index in [0.29, 0.717) is 18.8 Å². The van der Waals surface area contributed by atoms with Crippen molar-refractivity contribution in [3.8, 4) is 0 Å². The zero-order valence-electron chi connectivity index (χ0n) is 14.7. The molecule has 0 saturated carbocycles. The van der Waals surface area contributed by atoms with Gasteiger partial charge in [-0.1, -0.05) is 30.3 Å². The number of carbonyl (C=O) groups is 1. The molecule has 0 aromatic heterocycles. The summed E-state index contributed by atoms with van der Waals surface area (Å²) < 4.78 is 43.5. The molecule has 1 aromatic carbocycles. The molecular weight excluding hydrogens is 346 g/mol. The van der Waals surface area contributed by atoms with Crippen LogP contribution < -0.4 is 4.72 Å². The SMILES string of the molecule is COC(=O)C(C)(C)C(NS(=O)(=O)CC1COCCO1)c1ccccc1. The zero-order chi connectivity index (χ0) is 18.5. The fourth-order valence-electron chi connectivity index (χ4n) is 2.76. The fraction of sp³-hybridized carbons (Fsp3) is 0.588. The maximum absolute atomic E-state index is 12.6. The summed E-state index contributed by atoms with van der Waals surface area (Å²) in [4.78, 5) is 12.2. The normalized spacial score (nSPS) is 20.0. The Morgan fingerprint density at radius 1 is 1.32 bits per heavy atom. The number of ether oxygens (including phenoxy) is 3. The molecular formula is C17H25NO6S. The van der Waals surface area contributed by atoms with Crippen molar-refractivity contribution in [3.05, 3.63) is 35.9 Å². The standard InChI is InChI=1S/C17H25NO6S/c1-17(2,16(19)22-3)15(13-7-5-4-6-8-13)18-25(20,21)12-14-11-23-9-10-24-14/h4-8,14-15,18H,9-12H2,1-3H3. The molecule has 0 radical (unpaired) electrons. The van der Waals surface area contributed by atoms with E-state index in [0.717, 1.165) is 0 Å². The molecule has 0 aliphatic carbocycles. The minimum atomic E-state index is -3.72. The molecule has 2 atom stereocenters. The highest BCUT2D eigenvalue weighted by molar-refractivity contribution is 7.89. The van der Waals surface area contributed by atoms with Crippen LogP contribution in [0.1, 0.15) is 25.5 Å². The number of rotatable bonds is 7. The lowest BCUT2D eigenvalue weighted by molar-refractivity contribution is -0.152. The predicted molar refractivity (Wildman–Crippen MR) is 92.5 cm³/mol. The number of carbonyl (C=O) groups excluding carboxylic acids is 1. The van der Waals surface area contributed by atoms with E-state index in [1.165, 1.54) is 7.11 Å². The van der Waals surface area contributed by atoms with Crippen LogP contribution in [-0.2, 0) is 29.0 Å². The summed E-state index contributed by atoms with van der Waals surface area (Å²) in [6.07, 6.45) is -0.524. The van der Waals surface area contributed by atoms with Crippen molar-refractivity contribution >= 4 is 16.0 Å². The highest BCUT2D eigenvalue weighted by Crippen LogP contribution is 2.35. The van der Waals surface area contributed by atoms with Crippen molar-refractivity contribution in [2.45, 2.75) is 26.0 Å². The molecule has 25 heavy (non-hydrogen) atoms. The number of benzene rings is 1. The second-order valence-electron chi connectivity index (χ2n) is 6.52. The van der Waals surface area contributed by atoms with Gasteiger partial charge in [-0.15, -0.1) is 0 Å². The lowest BCUT2D eigenvalue weighted by Gasteiger charge is -2.33. The van der Waals surface area contributed by atoms with Gasteiger partial charge in [-0.3, -0.25) is 4.79 Å². The van der Waals surface area contributed by atoms with Gasteiger partial charge in [-0.2, -0.15) is 0 Å². The number of sulfonamides is 1. The minimum absolute atomic E-state index is 0.229. The number of nitrogens with one attached hydrogen (secondary N) is 1. The van der Waals surface area contributed by atoms with Crippen molar-refractivity contribution in [2.24, 2.45) is 5.41 Å². The first-order valence-corrected chi connectivity index (χ1v) is 9.74. The number of esters is 1. The predicted octanol–water partition coefficient (Wildman–Crippen LogP) is 1.26. The molecule has 2 rings (SSSR count). The summed E-state index contributed by atoms with van der Waals surface area (Å²) in [7, 11) is -2.43. The van der Waals surface area contributed by atoms with Gasteiger partial charge in [0.25, 0.3) is 0 Å². The molecule has 0 bridgehead atoms. The second kappa shape index (κ2) is 8.27. The van der Waals surface area contributed by atoms with Gasteiger partial charge in [0.2, 0.25) is 10.0 Å². The number of methoxy groups -OCH3 is 1. The van der Waals surface area contributed by atoms with Crippen LogP contribution in [0.4, 0.5) is 0 Å². The molecule has 140 valence electrons. The average Bonchev–Trinajstić information content (AvgIpc) is 2.60. The van der Waals surface area contributed by atoms with Crippen LogP contribution in [0, 0.1) is 5.41 Å². The lowest BCUT2D eigenvalue weighted by atomic mass is 9.81. The Balaban J connectivity index is 2.25. The first kappa shape index (κ1) is 19.8. The van der Waals surface area contributed by atoms with Crippen molar-refractivity contribution in [1.82, 2.24) is 4.72 Å². The average molecular weight is 371 g/mol. The molecule has 1 aliphatic rings. The van der Waals surface area contributed by atoms with Crippen LogP contribution in [0.2, 0.25) is 0 Å². The van der Waals surface area contributed by atoms with Crippen molar-refractivity contribution in [3.63, 3.8) is 0 Å². The van der Waals surface area contributed by atoms with Gasteiger partial charge < -0.3 is 14.2 Å². The summed E-state index contributed by atoms with van der Waals surface area (Å²) in [5, 5.41) is 0. The summed E-state index contributed by atoms with van der Waals surface area (Å²) in [5.41, 5.74) is -0.408. The molecule has 0 spiro atoms. The number of hydrogen-bond acceptors (Lipinski definition) is 6. The van der Waals surface area contributed by atoms with Gasteiger partial charge in [0, 0.05) is 0 Å². The Labute approximate surface area is 148 Å². The van der Waals surface area contributed by atoms with E-state index in [-0.39, 0.29) is 12.4 Å². The van der Waals surface area contributed by atoms with Crippen molar-refractivity contribution < 1.29 is 27.4 Å². The second-order valence-corrected chi connectivity index (χ2v) is 8.32. The Morgan fingerprint density at radius 2 is 2.00 bits per heavy atom. The Morgan fingerprint density at radius 3 is 2.56 bits per heavy atom. The quantitative estimate of drug-likeness (QED) is 0.726. The maximum Gasteiger partial charge on any atom is 0.313 e. The van der Waals surface area contributed by atoms with E-state index in [4.69, 9.17) is 14.2 Å². The largest absolute Gasteiger partial charge is 0.469 e. The third-order valence-corrected chi connectivity index (χ3v) is 5.56. The smallest absolute Gasteiger partial charge is 0.313 e. The maximum atomic E-state index is 12.6. The van der Waals surface area contributed by atoms with E-state index in [2.05, 4.69) is 4.72 Å². The van der Waals surface area contributed by atoms with Crippen LogP contribution in [0.25, 0.3) is 0 Å². The fourth-order valence-corrected chi connectivity index (χ4v) is 4.33. The number of hydrogen-bond donors (Lipinski definition) is 1. The molecule has 0 amide bonds. The summed E-state index contributed by atoms with van der Waals surface area (Å²) in [5.74, 6) is -0.727. The Bertz CT molecular complexity index is 668. The molecule has 8 heteroatoms. The van der Waals surface area contributed by atoms with Crippen LogP contribution in [0.3, 0.4) is 0 Å². The van der Waals surface area contributed by atoms with Crippen LogP contribution >= 0.6 is 0 Å². The van der Waals surface area contributed by atoms with Gasteiger partial charge in [0.15, 0.2) is 0 Å². The monoisotopic (exact) mass is 371 g/mol. The van der Waals surface area contributed by atoms with Gasteiger partial charge in [0.1, 0.15) is 0 Å². The third-order valence-electron chi connectivity index (χ3n) is 4.15. The molecule has 1 aromatic rings. The topological polar surface area (TPSA) is 90.9 Å². The molecule has 1 aliphatic heterocycles. The van der Waals surface area contributed by atoms with Gasteiger partial charge >= 0.3 is 5.97 Å². The molecule has 1 N–H and O–H groups in total. The van der Waals surface area contributed by atoms with Crippen molar-refractivity contribution in [2.75, 3.05) is 32.7 Å². The summed E-state index contributed by atoms with van der Waals surface area (Å²) >= 11 is 0. The highest BCUT2D eigenvalue weighted by atomic mass is 32.2. The highest BCUT2D eigenvalue weighted by Gasteiger charge is 2.41. The van der Waals surface area contributed by atoms with Crippen LogP contribution in [-0.4, -0.2) is 53.2 Å². The van der Waals surface area contributed by atoms with E-state index >= 15 is 0 Å². The lowest BCUT2D eigenvalue weighted by Crippen LogP contribution is -2.46. The minimum Gasteiger partial charge on any atom is -0.469 e. The first-order chi connectivity index (χ1) is 11.8. The van der Waals surface area contributed by atoms with E-state index in [1.807, 2.05) is 6.07 Å². The summed E-state index contributed by atoms with van der Waals surface area (Å²) in [6, 6.07) is 8.20. The molecule has 2 unspecified atom stereocenters. The molecule has 1 saturated heterocycles.